The molecule has 3 heterocycles. The van der Waals surface area contributed by atoms with Gasteiger partial charge in [-0.05, 0) is 43.7 Å². The molecule has 0 bridgehead atoms. The van der Waals surface area contributed by atoms with Crippen LogP contribution in [0, 0.1) is 6.92 Å². The van der Waals surface area contributed by atoms with Crippen LogP contribution in [0.3, 0.4) is 0 Å². The highest BCUT2D eigenvalue weighted by Crippen LogP contribution is 2.34. The SMILES string of the molecule is Cc1nc(N2CCCCC2c2cc3ccccc3[nH]2)ncc1C(=O)O. The minimum absolute atomic E-state index is 0.155. The van der Waals surface area contributed by atoms with Crippen LogP contribution >= 0.6 is 0 Å². The molecule has 1 aliphatic heterocycles. The van der Waals surface area contributed by atoms with Gasteiger partial charge in [-0.2, -0.15) is 0 Å². The number of aromatic nitrogens is 3. The molecule has 1 unspecified atom stereocenters. The molecule has 4 rings (SSSR count). The van der Waals surface area contributed by atoms with Crippen molar-refractivity contribution in [3.05, 3.63) is 53.5 Å². The third-order valence-electron chi connectivity index (χ3n) is 4.87. The topological polar surface area (TPSA) is 82.1 Å². The molecule has 1 aliphatic rings. The molecular weight excluding hydrogens is 316 g/mol. The van der Waals surface area contributed by atoms with E-state index in [1.165, 1.54) is 11.6 Å². The lowest BCUT2D eigenvalue weighted by atomic mass is 9.99. The summed E-state index contributed by atoms with van der Waals surface area (Å²) in [5.74, 6) is -0.388. The molecule has 0 spiro atoms. The Morgan fingerprint density at radius 3 is 2.92 bits per heavy atom. The van der Waals surface area contributed by atoms with Crippen molar-refractivity contribution in [2.45, 2.75) is 32.2 Å². The average Bonchev–Trinajstić information content (AvgIpc) is 3.05. The number of benzene rings is 1. The molecule has 128 valence electrons. The molecule has 1 fully saturated rings. The van der Waals surface area contributed by atoms with Crippen LogP contribution in [0.2, 0.25) is 0 Å². The number of anilines is 1. The number of carboxylic acid groups (broad SMARTS) is 1. The maximum Gasteiger partial charge on any atom is 0.339 e. The predicted molar refractivity (Wildman–Crippen MR) is 96.0 cm³/mol. The summed E-state index contributed by atoms with van der Waals surface area (Å²) in [4.78, 5) is 25.7. The minimum atomic E-state index is -0.991. The molecule has 2 N–H and O–H groups in total. The first-order valence-electron chi connectivity index (χ1n) is 8.55. The van der Waals surface area contributed by atoms with Crippen molar-refractivity contribution in [1.82, 2.24) is 15.0 Å². The van der Waals surface area contributed by atoms with Crippen molar-refractivity contribution in [2.75, 3.05) is 11.4 Å². The number of carbonyl (C=O) groups is 1. The molecule has 6 nitrogen and oxygen atoms in total. The van der Waals surface area contributed by atoms with Gasteiger partial charge in [0.15, 0.2) is 0 Å². The van der Waals surface area contributed by atoms with E-state index in [-0.39, 0.29) is 11.6 Å². The summed E-state index contributed by atoms with van der Waals surface area (Å²) in [5, 5.41) is 10.4. The Morgan fingerprint density at radius 2 is 2.16 bits per heavy atom. The summed E-state index contributed by atoms with van der Waals surface area (Å²) in [6.07, 6.45) is 4.68. The number of nitrogens with one attached hydrogen (secondary N) is 1. The lowest BCUT2D eigenvalue weighted by molar-refractivity contribution is 0.0695. The molecule has 0 amide bonds. The highest BCUT2D eigenvalue weighted by atomic mass is 16.4. The van der Waals surface area contributed by atoms with Gasteiger partial charge in [-0.1, -0.05) is 18.2 Å². The number of aromatic amines is 1. The Bertz CT molecular complexity index is 901. The molecule has 0 saturated carbocycles. The number of aromatic carboxylic acids is 1. The van der Waals surface area contributed by atoms with E-state index < -0.39 is 5.97 Å². The zero-order valence-electron chi connectivity index (χ0n) is 14.1. The molecule has 2 aromatic heterocycles. The zero-order chi connectivity index (χ0) is 17.4. The zero-order valence-corrected chi connectivity index (χ0v) is 14.1. The van der Waals surface area contributed by atoms with Crippen molar-refractivity contribution in [3.8, 4) is 0 Å². The van der Waals surface area contributed by atoms with Gasteiger partial charge in [0.05, 0.1) is 17.3 Å². The van der Waals surface area contributed by atoms with Crippen LogP contribution in [0.25, 0.3) is 10.9 Å². The van der Waals surface area contributed by atoms with Crippen LogP contribution < -0.4 is 4.90 Å². The normalized spacial score (nSPS) is 17.8. The van der Waals surface area contributed by atoms with Crippen LogP contribution in [0.15, 0.2) is 36.5 Å². The van der Waals surface area contributed by atoms with E-state index in [0.717, 1.165) is 37.0 Å². The fourth-order valence-electron chi connectivity index (χ4n) is 3.57. The first-order valence-corrected chi connectivity index (χ1v) is 8.55. The minimum Gasteiger partial charge on any atom is -0.478 e. The molecule has 3 aromatic rings. The monoisotopic (exact) mass is 336 g/mol. The number of H-pyrrole nitrogens is 1. The fourth-order valence-corrected chi connectivity index (χ4v) is 3.57. The summed E-state index contributed by atoms with van der Waals surface area (Å²) in [5.41, 5.74) is 2.94. The summed E-state index contributed by atoms with van der Waals surface area (Å²) in [7, 11) is 0. The van der Waals surface area contributed by atoms with Crippen LogP contribution in [-0.4, -0.2) is 32.6 Å². The van der Waals surface area contributed by atoms with Gasteiger partial charge in [-0.25, -0.2) is 14.8 Å². The van der Waals surface area contributed by atoms with Gasteiger partial charge in [-0.3, -0.25) is 0 Å². The second-order valence-corrected chi connectivity index (χ2v) is 6.49. The maximum absolute atomic E-state index is 11.2. The van der Waals surface area contributed by atoms with Crippen LogP contribution in [0.5, 0.6) is 0 Å². The highest BCUT2D eigenvalue weighted by Gasteiger charge is 2.28. The number of aryl methyl sites for hydroxylation is 1. The van der Waals surface area contributed by atoms with E-state index in [2.05, 4.69) is 38.1 Å². The second-order valence-electron chi connectivity index (χ2n) is 6.49. The summed E-state index contributed by atoms with van der Waals surface area (Å²) in [6.45, 7) is 2.59. The summed E-state index contributed by atoms with van der Waals surface area (Å²) in [6, 6.07) is 10.6. The van der Waals surface area contributed by atoms with Crippen molar-refractivity contribution >= 4 is 22.8 Å². The van der Waals surface area contributed by atoms with Gasteiger partial charge in [-0.15, -0.1) is 0 Å². The molecule has 6 heteroatoms. The van der Waals surface area contributed by atoms with Crippen molar-refractivity contribution < 1.29 is 9.90 Å². The van der Waals surface area contributed by atoms with Crippen molar-refractivity contribution in [2.24, 2.45) is 0 Å². The maximum atomic E-state index is 11.2. The molecule has 1 atom stereocenters. The van der Waals surface area contributed by atoms with Crippen LogP contribution in [-0.2, 0) is 0 Å². The Hall–Kier alpha value is -2.89. The van der Waals surface area contributed by atoms with Gasteiger partial charge in [0.1, 0.15) is 0 Å². The molecule has 1 saturated heterocycles. The Balaban J connectivity index is 1.71. The largest absolute Gasteiger partial charge is 0.478 e. The first kappa shape index (κ1) is 15.6. The van der Waals surface area contributed by atoms with E-state index in [1.807, 2.05) is 12.1 Å². The van der Waals surface area contributed by atoms with Gasteiger partial charge >= 0.3 is 5.97 Å². The van der Waals surface area contributed by atoms with Gasteiger partial charge in [0.25, 0.3) is 0 Å². The Morgan fingerprint density at radius 1 is 1.32 bits per heavy atom. The van der Waals surface area contributed by atoms with E-state index in [9.17, 15) is 9.90 Å². The predicted octanol–water partition coefficient (Wildman–Crippen LogP) is 3.70. The number of carboxylic acids is 1. The number of piperidine rings is 1. The first-order chi connectivity index (χ1) is 12.1. The van der Waals surface area contributed by atoms with E-state index in [4.69, 9.17) is 0 Å². The van der Waals surface area contributed by atoms with E-state index in [0.29, 0.717) is 11.6 Å². The molecular formula is C19H20N4O2. The number of hydrogen-bond donors (Lipinski definition) is 2. The number of para-hydroxylation sites is 1. The number of rotatable bonds is 3. The standard InChI is InChI=1S/C19H20N4O2/c1-12-14(18(24)25)11-20-19(21-12)23-9-5-4-8-17(23)16-10-13-6-2-3-7-15(13)22-16/h2-3,6-7,10-11,17,22H,4-5,8-9H2,1H3,(H,24,25). The van der Waals surface area contributed by atoms with Gasteiger partial charge in [0.2, 0.25) is 5.95 Å². The number of nitrogens with zero attached hydrogens (tertiary/aromatic N) is 3. The summed E-state index contributed by atoms with van der Waals surface area (Å²) >= 11 is 0. The fraction of sp³-hybridized carbons (Fsp3) is 0.316. The average molecular weight is 336 g/mol. The Kier molecular flexibility index (Phi) is 3.87. The molecule has 0 aliphatic carbocycles. The van der Waals surface area contributed by atoms with E-state index in [1.54, 1.807) is 6.92 Å². The van der Waals surface area contributed by atoms with Crippen molar-refractivity contribution in [1.29, 1.82) is 0 Å². The summed E-state index contributed by atoms with van der Waals surface area (Å²) < 4.78 is 0. The van der Waals surface area contributed by atoms with Gasteiger partial charge in [0, 0.05) is 24.0 Å². The van der Waals surface area contributed by atoms with E-state index >= 15 is 0 Å². The number of fused-ring (bicyclic) bond motifs is 1. The number of hydrogen-bond acceptors (Lipinski definition) is 4. The molecule has 1 aromatic carbocycles. The third kappa shape index (κ3) is 2.84. The van der Waals surface area contributed by atoms with Gasteiger partial charge < -0.3 is 15.0 Å². The molecule has 25 heavy (non-hydrogen) atoms. The van der Waals surface area contributed by atoms with Crippen LogP contribution in [0.1, 0.15) is 47.1 Å². The lowest BCUT2D eigenvalue weighted by Crippen LogP contribution is -2.35. The smallest absolute Gasteiger partial charge is 0.339 e. The highest BCUT2D eigenvalue weighted by molar-refractivity contribution is 5.88. The Labute approximate surface area is 145 Å². The second kappa shape index (κ2) is 6.20. The third-order valence-corrected chi connectivity index (χ3v) is 4.87. The quantitative estimate of drug-likeness (QED) is 0.762. The molecule has 0 radical (unpaired) electrons. The van der Waals surface area contributed by atoms with Crippen molar-refractivity contribution in [3.63, 3.8) is 0 Å². The lowest BCUT2D eigenvalue weighted by Gasteiger charge is -2.35. The van der Waals surface area contributed by atoms with Crippen LogP contribution in [0.4, 0.5) is 5.95 Å².